The summed E-state index contributed by atoms with van der Waals surface area (Å²) in [7, 11) is 0. The van der Waals surface area contributed by atoms with Crippen LogP contribution in [-0.4, -0.2) is 6.22 Å². The van der Waals surface area contributed by atoms with Gasteiger partial charge < -0.3 is 0 Å². The summed E-state index contributed by atoms with van der Waals surface area (Å²) in [5, 5.41) is 5.89. The molecule has 1 radical (unpaired) electrons. The molecule has 0 unspecified atom stereocenters. The molecule has 33 heavy (non-hydrogen) atoms. The predicted molar refractivity (Wildman–Crippen MR) is 143 cm³/mol. The minimum atomic E-state index is 0.866. The number of hydrogen-bond donors (Lipinski definition) is 0. The number of rotatable bonds is 6. The fraction of sp³-hybridized carbons (Fsp3) is 0.419. The van der Waals surface area contributed by atoms with Gasteiger partial charge in [0.25, 0.3) is 0 Å². The van der Waals surface area contributed by atoms with Crippen LogP contribution < -0.4 is 0 Å². The van der Waals surface area contributed by atoms with Crippen molar-refractivity contribution in [3.8, 4) is 0 Å². The molecule has 169 valence electrons. The zero-order valence-electron chi connectivity index (χ0n) is 20.6. The topological polar surface area (TPSA) is 0 Å². The minimum Gasteiger partial charge on any atom is -0.165 e. The summed E-state index contributed by atoms with van der Waals surface area (Å²) in [5.41, 5.74) is 6.13. The number of benzene rings is 2. The SMILES string of the molecule is CCC[Si]=[Hf+2].CCc1cc2c(C3CC3)cccc2[cH-]1.CCc1cc2c(C3CC3)cccc2[cH-]1. The quantitative estimate of drug-likeness (QED) is 0.150. The summed E-state index contributed by atoms with van der Waals surface area (Å²) in [6.07, 6.45) is 10.6. The second kappa shape index (κ2) is 11.9. The Morgan fingerprint density at radius 3 is 1.52 bits per heavy atom. The molecule has 2 aliphatic rings. The fourth-order valence-electron chi connectivity index (χ4n) is 4.68. The molecular weight excluding hydrogens is 579 g/mol. The molecule has 0 bridgehead atoms. The van der Waals surface area contributed by atoms with Gasteiger partial charge in [0.15, 0.2) is 0 Å². The van der Waals surface area contributed by atoms with Crippen LogP contribution in [0, 0.1) is 0 Å². The Kier molecular flexibility index (Phi) is 8.99. The van der Waals surface area contributed by atoms with Crippen LogP contribution in [0.3, 0.4) is 0 Å². The van der Waals surface area contributed by atoms with Crippen molar-refractivity contribution in [3.05, 3.63) is 82.9 Å². The minimum absolute atomic E-state index is 0.866. The van der Waals surface area contributed by atoms with Crippen LogP contribution in [0.4, 0.5) is 0 Å². The van der Waals surface area contributed by atoms with E-state index in [9.17, 15) is 0 Å². The largest absolute Gasteiger partial charge is 0.165 e. The van der Waals surface area contributed by atoms with Crippen molar-refractivity contribution in [1.29, 1.82) is 0 Å². The summed E-state index contributed by atoms with van der Waals surface area (Å²) in [5.74, 6) is 1.73. The van der Waals surface area contributed by atoms with Crippen LogP contribution in [0.15, 0.2) is 60.7 Å². The second-order valence-corrected chi connectivity index (χ2v) is 14.3. The Labute approximate surface area is 216 Å². The van der Waals surface area contributed by atoms with Crippen LogP contribution in [0.1, 0.15) is 87.0 Å². The third-order valence-corrected chi connectivity index (χ3v) is 10.4. The van der Waals surface area contributed by atoms with Crippen LogP contribution in [0.25, 0.3) is 21.5 Å². The van der Waals surface area contributed by atoms with Gasteiger partial charge in [0, 0.05) is 0 Å². The smallest absolute Gasteiger partial charge is 0.0251 e. The van der Waals surface area contributed by atoms with Gasteiger partial charge in [0.05, 0.1) is 0 Å². The van der Waals surface area contributed by atoms with E-state index in [1.165, 1.54) is 100 Å². The van der Waals surface area contributed by atoms with Gasteiger partial charge in [-0.25, -0.2) is 0 Å². The van der Waals surface area contributed by atoms with Gasteiger partial charge in [-0.2, -0.15) is 12.1 Å². The molecular formula is C31H37HfSi. The Morgan fingerprint density at radius 1 is 0.758 bits per heavy atom. The maximum absolute atomic E-state index is 2.38. The first kappa shape index (κ1) is 24.9. The summed E-state index contributed by atoms with van der Waals surface area (Å²) in [6, 6.07) is 24.4. The zero-order valence-corrected chi connectivity index (χ0v) is 25.2. The van der Waals surface area contributed by atoms with Gasteiger partial charge in [-0.3, -0.25) is 0 Å². The number of fused-ring (bicyclic) bond motifs is 2. The Morgan fingerprint density at radius 2 is 1.21 bits per heavy atom. The van der Waals surface area contributed by atoms with Gasteiger partial charge in [0.2, 0.25) is 0 Å². The first-order chi connectivity index (χ1) is 16.2. The predicted octanol–water partition coefficient (Wildman–Crippen LogP) is 8.98. The standard InChI is InChI=1S/2C14H15.C3H7Si.Hf/c2*1-2-10-8-12-4-3-5-13(11-6-7-11)14(12)9-10;1-2-3-4;/h2*3-5,8-9,11H,2,6-7H2,1H3;2-3H2,1H3;/q2*-1;;+2. The maximum atomic E-state index is 2.38. The molecule has 0 aromatic heterocycles. The summed E-state index contributed by atoms with van der Waals surface area (Å²) >= 11 is 1.43. The molecule has 0 N–H and O–H groups in total. The monoisotopic (exact) mass is 617 g/mol. The summed E-state index contributed by atoms with van der Waals surface area (Å²) in [4.78, 5) is 0. The molecule has 2 aliphatic carbocycles. The maximum Gasteiger partial charge on any atom is -0.0251 e. The van der Waals surface area contributed by atoms with Gasteiger partial charge in [-0.1, -0.05) is 37.1 Å². The van der Waals surface area contributed by atoms with Crippen LogP contribution in [0.5, 0.6) is 0 Å². The van der Waals surface area contributed by atoms with Crippen LogP contribution in [0.2, 0.25) is 6.04 Å². The Bertz CT molecular complexity index is 1100. The second-order valence-electron chi connectivity index (χ2n) is 9.61. The first-order valence-corrected chi connectivity index (χ1v) is 19.5. The third kappa shape index (κ3) is 6.45. The molecule has 0 spiro atoms. The molecule has 0 saturated heterocycles. The molecule has 2 fully saturated rings. The molecule has 4 aromatic carbocycles. The normalized spacial score (nSPS) is 15.1. The van der Waals surface area contributed by atoms with E-state index < -0.39 is 0 Å². The third-order valence-electron chi connectivity index (χ3n) is 6.91. The van der Waals surface area contributed by atoms with E-state index in [0.29, 0.717) is 0 Å². The molecule has 2 heteroatoms. The molecule has 0 amide bonds. The average molecular weight is 616 g/mol. The Hall–Kier alpha value is -1.25. The molecule has 2 saturated carbocycles. The van der Waals surface area contributed by atoms with Gasteiger partial charge >= 0.3 is 48.6 Å². The van der Waals surface area contributed by atoms with E-state index in [-0.39, 0.29) is 0 Å². The van der Waals surface area contributed by atoms with Gasteiger partial charge in [-0.15, -0.1) is 69.1 Å². The molecule has 0 heterocycles. The van der Waals surface area contributed by atoms with Crippen molar-refractivity contribution in [2.45, 2.75) is 83.6 Å². The van der Waals surface area contributed by atoms with Crippen molar-refractivity contribution in [1.82, 2.24) is 0 Å². The van der Waals surface area contributed by atoms with Crippen LogP contribution >= 0.6 is 0 Å². The molecule has 6 rings (SSSR count). The molecule has 4 aromatic rings. The first-order valence-electron chi connectivity index (χ1n) is 12.9. The molecule has 0 atom stereocenters. The number of aryl methyl sites for hydroxylation is 2. The van der Waals surface area contributed by atoms with Crippen molar-refractivity contribution in [2.24, 2.45) is 0 Å². The average Bonchev–Trinajstić information content (AvgIpc) is 3.77. The van der Waals surface area contributed by atoms with E-state index >= 15 is 0 Å². The van der Waals surface area contributed by atoms with Crippen molar-refractivity contribution < 1.29 is 23.0 Å². The van der Waals surface area contributed by atoms with E-state index in [1.807, 2.05) is 0 Å². The van der Waals surface area contributed by atoms with Gasteiger partial charge in [0.1, 0.15) is 0 Å². The fourth-order valence-corrected chi connectivity index (χ4v) is 7.62. The summed E-state index contributed by atoms with van der Waals surface area (Å²) < 4.78 is 0. The van der Waals surface area contributed by atoms with E-state index in [4.69, 9.17) is 0 Å². The van der Waals surface area contributed by atoms with E-state index in [2.05, 4.69) is 81.4 Å². The molecule has 0 nitrogen and oxygen atoms in total. The molecule has 0 aliphatic heterocycles. The summed E-state index contributed by atoms with van der Waals surface area (Å²) in [6.45, 7) is 6.70. The van der Waals surface area contributed by atoms with Crippen molar-refractivity contribution in [2.75, 3.05) is 0 Å². The van der Waals surface area contributed by atoms with E-state index in [1.54, 1.807) is 11.1 Å². The van der Waals surface area contributed by atoms with E-state index in [0.717, 1.165) is 24.7 Å². The van der Waals surface area contributed by atoms with Crippen molar-refractivity contribution >= 4 is 27.8 Å². The Balaban J connectivity index is 0.000000132. The van der Waals surface area contributed by atoms with Gasteiger partial charge in [-0.05, 0) is 50.4 Å². The van der Waals surface area contributed by atoms with Crippen molar-refractivity contribution in [3.63, 3.8) is 0 Å². The zero-order chi connectivity index (χ0) is 23.2. The number of hydrogen-bond acceptors (Lipinski definition) is 0. The van der Waals surface area contributed by atoms with Crippen LogP contribution in [-0.2, 0) is 35.8 Å².